The molecule has 0 unspecified atom stereocenters. The molecule has 1 atom stereocenters. The van der Waals surface area contributed by atoms with E-state index in [1.807, 2.05) is 24.3 Å². The van der Waals surface area contributed by atoms with Crippen molar-refractivity contribution >= 4 is 28.7 Å². The van der Waals surface area contributed by atoms with Gasteiger partial charge in [-0.2, -0.15) is 0 Å². The summed E-state index contributed by atoms with van der Waals surface area (Å²) in [7, 11) is 0. The highest BCUT2D eigenvalue weighted by Gasteiger charge is 2.21. The van der Waals surface area contributed by atoms with Crippen LogP contribution in [-0.2, 0) is 9.53 Å². The Bertz CT molecular complexity index is 941. The number of halogens is 1. The average molecular weight is 337 g/mol. The van der Waals surface area contributed by atoms with E-state index in [1.54, 1.807) is 18.3 Å². The molecule has 3 rings (SSSR count). The summed E-state index contributed by atoms with van der Waals surface area (Å²) >= 11 is 0. The number of ketones is 1. The van der Waals surface area contributed by atoms with Crippen LogP contribution >= 0.6 is 0 Å². The third-order valence-electron chi connectivity index (χ3n) is 3.80. The Balaban J connectivity index is 1.66. The van der Waals surface area contributed by atoms with Crippen LogP contribution < -0.4 is 0 Å². The first-order valence-electron chi connectivity index (χ1n) is 7.79. The molecule has 0 aliphatic heterocycles. The quantitative estimate of drug-likeness (QED) is 0.432. The molecule has 126 valence electrons. The number of aromatic amines is 1. The lowest BCUT2D eigenvalue weighted by Gasteiger charge is -2.10. The lowest BCUT2D eigenvalue weighted by molar-refractivity contribution is -0.140. The monoisotopic (exact) mass is 337 g/mol. The largest absolute Gasteiger partial charge is 0.451 e. The van der Waals surface area contributed by atoms with E-state index in [0.717, 1.165) is 10.9 Å². The van der Waals surface area contributed by atoms with Gasteiger partial charge in [-0.1, -0.05) is 30.3 Å². The number of Topliss-reactive ketones (excluding diaryl/α,β-unsaturated/α-hetero) is 1. The molecule has 1 heterocycles. The summed E-state index contributed by atoms with van der Waals surface area (Å²) in [6.45, 7) is 1.54. The highest BCUT2D eigenvalue weighted by atomic mass is 19.1. The van der Waals surface area contributed by atoms with Crippen LogP contribution in [0, 0.1) is 5.82 Å². The van der Waals surface area contributed by atoms with E-state index in [-0.39, 0.29) is 11.6 Å². The predicted molar refractivity (Wildman–Crippen MR) is 93.6 cm³/mol. The number of para-hydroxylation sites is 1. The molecule has 1 N–H and O–H groups in total. The summed E-state index contributed by atoms with van der Waals surface area (Å²) in [6, 6.07) is 13.1. The summed E-state index contributed by atoms with van der Waals surface area (Å²) in [4.78, 5) is 27.4. The van der Waals surface area contributed by atoms with Crippen molar-refractivity contribution in [1.29, 1.82) is 0 Å². The molecule has 0 aliphatic rings. The number of H-pyrrole nitrogens is 1. The molecule has 2 aromatic carbocycles. The molecule has 25 heavy (non-hydrogen) atoms. The van der Waals surface area contributed by atoms with E-state index < -0.39 is 12.1 Å². The Kier molecular flexibility index (Phi) is 4.75. The Morgan fingerprint density at radius 3 is 2.60 bits per heavy atom. The number of hydrogen-bond acceptors (Lipinski definition) is 3. The second-order valence-electron chi connectivity index (χ2n) is 5.58. The number of carbonyl (C=O) groups excluding carboxylic acids is 2. The maximum atomic E-state index is 12.8. The van der Waals surface area contributed by atoms with Gasteiger partial charge in [-0.25, -0.2) is 9.18 Å². The van der Waals surface area contributed by atoms with E-state index in [2.05, 4.69) is 4.98 Å². The van der Waals surface area contributed by atoms with Crippen molar-refractivity contribution in [3.05, 3.63) is 77.7 Å². The lowest BCUT2D eigenvalue weighted by Crippen LogP contribution is -2.23. The minimum atomic E-state index is -0.912. The zero-order valence-electron chi connectivity index (χ0n) is 13.5. The maximum absolute atomic E-state index is 12.8. The standard InChI is InChI=1S/C20H16FNO3/c1-13(20(24)17-12-22-18-5-3-2-4-16(17)18)25-19(23)11-8-14-6-9-15(21)10-7-14/h2-13,22H,1H3/b11-8+/t13-/m1/s1. The summed E-state index contributed by atoms with van der Waals surface area (Å²) in [5.41, 5.74) is 1.99. The summed E-state index contributed by atoms with van der Waals surface area (Å²) in [6.07, 6.45) is 3.42. The third-order valence-corrected chi connectivity index (χ3v) is 3.80. The summed E-state index contributed by atoms with van der Waals surface area (Å²) in [5, 5.41) is 0.789. The smallest absolute Gasteiger partial charge is 0.331 e. The zero-order chi connectivity index (χ0) is 17.8. The van der Waals surface area contributed by atoms with Crippen molar-refractivity contribution in [2.24, 2.45) is 0 Å². The predicted octanol–water partition coefficient (Wildman–Crippen LogP) is 4.13. The van der Waals surface area contributed by atoms with Crippen LogP contribution in [0.15, 0.2) is 60.8 Å². The van der Waals surface area contributed by atoms with E-state index in [0.29, 0.717) is 11.1 Å². The molecular formula is C20H16FNO3. The van der Waals surface area contributed by atoms with Crippen LogP contribution in [0.25, 0.3) is 17.0 Å². The molecule has 0 aliphatic carbocycles. The second-order valence-corrected chi connectivity index (χ2v) is 5.58. The number of rotatable bonds is 5. The number of nitrogens with one attached hydrogen (secondary N) is 1. The minimum Gasteiger partial charge on any atom is -0.451 e. The van der Waals surface area contributed by atoms with Crippen LogP contribution in [0.3, 0.4) is 0 Å². The van der Waals surface area contributed by atoms with Crippen LogP contribution in [-0.4, -0.2) is 22.8 Å². The number of hydrogen-bond donors (Lipinski definition) is 1. The second kappa shape index (κ2) is 7.13. The third kappa shape index (κ3) is 3.83. The highest BCUT2D eigenvalue weighted by molar-refractivity contribution is 6.10. The number of aromatic nitrogens is 1. The molecular weight excluding hydrogens is 321 g/mol. The fraction of sp³-hybridized carbons (Fsp3) is 0.100. The molecule has 4 nitrogen and oxygen atoms in total. The van der Waals surface area contributed by atoms with Crippen molar-refractivity contribution < 1.29 is 18.7 Å². The van der Waals surface area contributed by atoms with Gasteiger partial charge < -0.3 is 9.72 Å². The molecule has 0 fully saturated rings. The van der Waals surface area contributed by atoms with Crippen LogP contribution in [0.5, 0.6) is 0 Å². The van der Waals surface area contributed by atoms with E-state index >= 15 is 0 Å². The topological polar surface area (TPSA) is 59.2 Å². The zero-order valence-corrected chi connectivity index (χ0v) is 13.5. The van der Waals surface area contributed by atoms with Gasteiger partial charge in [-0.15, -0.1) is 0 Å². The van der Waals surface area contributed by atoms with Gasteiger partial charge in [0, 0.05) is 28.7 Å². The Labute approximate surface area is 143 Å². The van der Waals surface area contributed by atoms with Crippen LogP contribution in [0.2, 0.25) is 0 Å². The minimum absolute atomic E-state index is 0.277. The van der Waals surface area contributed by atoms with Gasteiger partial charge in [0.2, 0.25) is 5.78 Å². The van der Waals surface area contributed by atoms with Gasteiger partial charge in [0.15, 0.2) is 6.10 Å². The van der Waals surface area contributed by atoms with Gasteiger partial charge in [0.1, 0.15) is 5.82 Å². The van der Waals surface area contributed by atoms with Gasteiger partial charge in [0.25, 0.3) is 0 Å². The van der Waals surface area contributed by atoms with Crippen molar-refractivity contribution in [3.63, 3.8) is 0 Å². The van der Waals surface area contributed by atoms with Gasteiger partial charge in [0.05, 0.1) is 0 Å². The first-order valence-corrected chi connectivity index (χ1v) is 7.79. The molecule has 0 saturated heterocycles. The number of fused-ring (bicyclic) bond motifs is 1. The number of esters is 1. The maximum Gasteiger partial charge on any atom is 0.331 e. The molecule has 0 spiro atoms. The van der Waals surface area contributed by atoms with Crippen molar-refractivity contribution in [2.75, 3.05) is 0 Å². The molecule has 0 saturated carbocycles. The van der Waals surface area contributed by atoms with Gasteiger partial charge in [-0.05, 0) is 36.8 Å². The first-order chi connectivity index (χ1) is 12.0. The van der Waals surface area contributed by atoms with Crippen molar-refractivity contribution in [1.82, 2.24) is 4.98 Å². The molecule has 0 amide bonds. The lowest BCUT2D eigenvalue weighted by atomic mass is 10.1. The SMILES string of the molecule is C[C@@H](OC(=O)/C=C/c1ccc(F)cc1)C(=O)c1c[nH]c2ccccc12. The van der Waals surface area contributed by atoms with Crippen LogP contribution in [0.4, 0.5) is 4.39 Å². The molecule has 5 heteroatoms. The molecule has 3 aromatic rings. The Morgan fingerprint density at radius 2 is 1.84 bits per heavy atom. The molecule has 0 radical (unpaired) electrons. The van der Waals surface area contributed by atoms with E-state index in [4.69, 9.17) is 4.74 Å². The number of carbonyl (C=O) groups is 2. The average Bonchev–Trinajstić information content (AvgIpc) is 3.04. The molecule has 0 bridgehead atoms. The van der Waals surface area contributed by atoms with E-state index in [9.17, 15) is 14.0 Å². The van der Waals surface area contributed by atoms with Crippen molar-refractivity contribution in [2.45, 2.75) is 13.0 Å². The number of ether oxygens (including phenoxy) is 1. The summed E-state index contributed by atoms with van der Waals surface area (Å²) < 4.78 is 18.0. The van der Waals surface area contributed by atoms with Crippen LogP contribution in [0.1, 0.15) is 22.8 Å². The normalized spacial score (nSPS) is 12.4. The first kappa shape index (κ1) is 16.6. The summed E-state index contributed by atoms with van der Waals surface area (Å²) in [5.74, 6) is -1.26. The highest BCUT2D eigenvalue weighted by Crippen LogP contribution is 2.20. The van der Waals surface area contributed by atoms with E-state index in [1.165, 1.54) is 31.2 Å². The molecule has 1 aromatic heterocycles. The van der Waals surface area contributed by atoms with Gasteiger partial charge in [-0.3, -0.25) is 4.79 Å². The fourth-order valence-electron chi connectivity index (χ4n) is 2.50. The fourth-order valence-corrected chi connectivity index (χ4v) is 2.50. The van der Waals surface area contributed by atoms with Crippen molar-refractivity contribution in [3.8, 4) is 0 Å². The van der Waals surface area contributed by atoms with Gasteiger partial charge >= 0.3 is 5.97 Å². The Morgan fingerprint density at radius 1 is 1.12 bits per heavy atom. The number of benzene rings is 2. The Hall–Kier alpha value is -3.21.